The van der Waals surface area contributed by atoms with Gasteiger partial charge in [0.1, 0.15) is 5.56 Å². The highest BCUT2D eigenvalue weighted by Gasteiger charge is 2.27. The smallest absolute Gasteiger partial charge is 0.328 e. The topological polar surface area (TPSA) is 122 Å². The molecule has 3 rings (SSSR count). The van der Waals surface area contributed by atoms with Gasteiger partial charge >= 0.3 is 5.97 Å². The van der Waals surface area contributed by atoms with Crippen LogP contribution in [0.15, 0.2) is 65.5 Å². The first-order chi connectivity index (χ1) is 13.9. The minimum Gasteiger partial charge on any atom is -0.480 e. The molecular formula is C21H19N3O5. The Bertz CT molecular complexity index is 1090. The Kier molecular flexibility index (Phi) is 5.85. The summed E-state index contributed by atoms with van der Waals surface area (Å²) in [7, 11) is 1.42. The summed E-state index contributed by atoms with van der Waals surface area (Å²) in [5.74, 6) is -2.30. The van der Waals surface area contributed by atoms with Crippen molar-refractivity contribution in [1.29, 1.82) is 0 Å². The Morgan fingerprint density at radius 2 is 1.59 bits per heavy atom. The van der Waals surface area contributed by atoms with Crippen LogP contribution in [0.2, 0.25) is 0 Å². The van der Waals surface area contributed by atoms with Crippen molar-refractivity contribution in [3.63, 3.8) is 0 Å². The number of aliphatic hydroxyl groups is 1. The number of carboxylic acid groups (broad SMARTS) is 1. The van der Waals surface area contributed by atoms with Gasteiger partial charge in [0.2, 0.25) is 0 Å². The lowest BCUT2D eigenvalue weighted by Gasteiger charge is -2.17. The second-order valence-corrected chi connectivity index (χ2v) is 6.31. The van der Waals surface area contributed by atoms with Gasteiger partial charge in [-0.25, -0.2) is 9.48 Å². The summed E-state index contributed by atoms with van der Waals surface area (Å²) >= 11 is 0. The molecule has 8 nitrogen and oxygen atoms in total. The first-order valence-corrected chi connectivity index (χ1v) is 8.80. The van der Waals surface area contributed by atoms with Gasteiger partial charge in [0.25, 0.3) is 11.5 Å². The van der Waals surface area contributed by atoms with Gasteiger partial charge in [0.15, 0.2) is 6.04 Å². The molecule has 1 amide bonds. The molecule has 0 saturated carbocycles. The van der Waals surface area contributed by atoms with E-state index >= 15 is 0 Å². The van der Waals surface area contributed by atoms with Crippen molar-refractivity contribution in [3.8, 4) is 22.4 Å². The fourth-order valence-electron chi connectivity index (χ4n) is 2.94. The standard InChI is InChI=1S/C21H19N3O5/c1-24-20(27)17(19(26)22-15(12-25)21(28)29)16(13-8-4-2-5-9-13)18(23-24)14-10-6-3-7-11-14/h2-11,15,25H,12H2,1H3,(H,22,26)(H,28,29). The van der Waals surface area contributed by atoms with E-state index in [1.165, 1.54) is 7.05 Å². The first-order valence-electron chi connectivity index (χ1n) is 8.80. The van der Waals surface area contributed by atoms with E-state index in [4.69, 9.17) is 5.11 Å². The molecule has 1 unspecified atom stereocenters. The first kappa shape index (κ1) is 20.0. The summed E-state index contributed by atoms with van der Waals surface area (Å²) in [4.78, 5) is 37.0. The molecule has 0 aliphatic heterocycles. The molecule has 0 fully saturated rings. The second kappa shape index (κ2) is 8.49. The van der Waals surface area contributed by atoms with Gasteiger partial charge in [-0.3, -0.25) is 9.59 Å². The summed E-state index contributed by atoms with van der Waals surface area (Å²) < 4.78 is 1.04. The lowest BCUT2D eigenvalue weighted by molar-refractivity contribution is -0.140. The van der Waals surface area contributed by atoms with Crippen molar-refractivity contribution in [3.05, 3.63) is 76.6 Å². The third kappa shape index (κ3) is 4.07. The van der Waals surface area contributed by atoms with Crippen molar-refractivity contribution in [1.82, 2.24) is 15.1 Å². The van der Waals surface area contributed by atoms with E-state index in [-0.39, 0.29) is 5.56 Å². The van der Waals surface area contributed by atoms with E-state index in [0.29, 0.717) is 22.4 Å². The third-order valence-electron chi connectivity index (χ3n) is 4.37. The Morgan fingerprint density at radius 3 is 2.10 bits per heavy atom. The van der Waals surface area contributed by atoms with Crippen molar-refractivity contribution >= 4 is 11.9 Å². The zero-order chi connectivity index (χ0) is 21.0. The second-order valence-electron chi connectivity index (χ2n) is 6.31. The van der Waals surface area contributed by atoms with Gasteiger partial charge < -0.3 is 15.5 Å². The summed E-state index contributed by atoms with van der Waals surface area (Å²) in [6.45, 7) is -0.807. The number of rotatable bonds is 6. The zero-order valence-corrected chi connectivity index (χ0v) is 15.6. The molecule has 0 saturated heterocycles. The van der Waals surface area contributed by atoms with Crippen molar-refractivity contribution in [2.75, 3.05) is 6.61 Å². The SMILES string of the molecule is Cn1nc(-c2ccccc2)c(-c2ccccc2)c(C(=O)NC(CO)C(=O)O)c1=O. The van der Waals surface area contributed by atoms with Crippen LogP contribution < -0.4 is 10.9 Å². The maximum Gasteiger partial charge on any atom is 0.328 e. The van der Waals surface area contributed by atoms with Crippen LogP contribution in [0.1, 0.15) is 10.4 Å². The van der Waals surface area contributed by atoms with Crippen LogP contribution in [-0.2, 0) is 11.8 Å². The molecule has 29 heavy (non-hydrogen) atoms. The van der Waals surface area contributed by atoms with Gasteiger partial charge in [-0.1, -0.05) is 60.7 Å². The molecule has 148 valence electrons. The summed E-state index contributed by atoms with van der Waals surface area (Å²) in [5, 5.41) is 25.0. The number of aliphatic hydroxyl groups excluding tert-OH is 1. The van der Waals surface area contributed by atoms with Crippen molar-refractivity contribution < 1.29 is 19.8 Å². The van der Waals surface area contributed by atoms with E-state index in [0.717, 1.165) is 4.68 Å². The molecular weight excluding hydrogens is 374 g/mol. The highest BCUT2D eigenvalue weighted by molar-refractivity contribution is 6.04. The van der Waals surface area contributed by atoms with Gasteiger partial charge in [-0.2, -0.15) is 5.10 Å². The molecule has 2 aromatic carbocycles. The van der Waals surface area contributed by atoms with Crippen molar-refractivity contribution in [2.24, 2.45) is 7.05 Å². The number of benzene rings is 2. The Hall–Kier alpha value is -3.78. The molecule has 0 bridgehead atoms. The number of aliphatic carboxylic acids is 1. The minimum atomic E-state index is -1.54. The number of nitrogens with zero attached hydrogens (tertiary/aromatic N) is 2. The normalized spacial score (nSPS) is 11.7. The largest absolute Gasteiger partial charge is 0.480 e. The van der Waals surface area contributed by atoms with Crippen molar-refractivity contribution in [2.45, 2.75) is 6.04 Å². The molecule has 0 aliphatic carbocycles. The fraction of sp³-hybridized carbons (Fsp3) is 0.143. The number of nitrogens with one attached hydrogen (secondary N) is 1. The van der Waals surface area contributed by atoms with E-state index in [1.807, 2.05) is 18.2 Å². The molecule has 3 aromatic rings. The number of aromatic nitrogens is 2. The highest BCUT2D eigenvalue weighted by Crippen LogP contribution is 2.31. The summed E-state index contributed by atoms with van der Waals surface area (Å²) in [6.07, 6.45) is 0. The van der Waals surface area contributed by atoms with Crippen LogP contribution in [0.5, 0.6) is 0 Å². The van der Waals surface area contributed by atoms with Crippen LogP contribution in [0, 0.1) is 0 Å². The number of hydrogen-bond acceptors (Lipinski definition) is 5. The number of aryl methyl sites for hydroxylation is 1. The monoisotopic (exact) mass is 393 g/mol. The fourth-order valence-corrected chi connectivity index (χ4v) is 2.94. The molecule has 0 radical (unpaired) electrons. The maximum absolute atomic E-state index is 12.9. The molecule has 0 spiro atoms. The molecule has 3 N–H and O–H groups in total. The van der Waals surface area contributed by atoms with E-state index in [1.54, 1.807) is 42.5 Å². The zero-order valence-electron chi connectivity index (χ0n) is 15.6. The van der Waals surface area contributed by atoms with Gasteiger partial charge in [0, 0.05) is 18.2 Å². The lowest BCUT2D eigenvalue weighted by atomic mass is 9.95. The van der Waals surface area contributed by atoms with E-state index < -0.39 is 30.1 Å². The highest BCUT2D eigenvalue weighted by atomic mass is 16.4. The van der Waals surface area contributed by atoms with E-state index in [2.05, 4.69) is 10.4 Å². The average Bonchev–Trinajstić information content (AvgIpc) is 2.74. The van der Waals surface area contributed by atoms with Crippen LogP contribution >= 0.6 is 0 Å². The van der Waals surface area contributed by atoms with E-state index in [9.17, 15) is 19.5 Å². The van der Waals surface area contributed by atoms with Crippen LogP contribution in [0.3, 0.4) is 0 Å². The Balaban J connectivity index is 2.29. The quantitative estimate of drug-likeness (QED) is 0.580. The molecule has 1 heterocycles. The average molecular weight is 393 g/mol. The predicted molar refractivity (Wildman–Crippen MR) is 106 cm³/mol. The predicted octanol–water partition coefficient (Wildman–Crippen LogP) is 1.29. The van der Waals surface area contributed by atoms with Gasteiger partial charge in [-0.15, -0.1) is 0 Å². The van der Waals surface area contributed by atoms with Gasteiger partial charge in [-0.05, 0) is 5.56 Å². The Labute approximate surface area is 166 Å². The van der Waals surface area contributed by atoms with Crippen LogP contribution in [-0.4, -0.2) is 44.5 Å². The number of carbonyl (C=O) groups is 2. The number of carbonyl (C=O) groups excluding carboxylic acids is 1. The minimum absolute atomic E-state index is 0.243. The molecule has 8 heteroatoms. The molecule has 1 aromatic heterocycles. The Morgan fingerprint density at radius 1 is 1.03 bits per heavy atom. The summed E-state index contributed by atoms with van der Waals surface area (Å²) in [6, 6.07) is 16.3. The summed E-state index contributed by atoms with van der Waals surface area (Å²) in [5.41, 5.74) is 1.04. The number of hydrogen-bond donors (Lipinski definition) is 3. The van der Waals surface area contributed by atoms with Crippen LogP contribution in [0.25, 0.3) is 22.4 Å². The van der Waals surface area contributed by atoms with Gasteiger partial charge in [0.05, 0.1) is 12.3 Å². The maximum atomic E-state index is 12.9. The molecule has 0 aliphatic rings. The number of carboxylic acids is 1. The lowest BCUT2D eigenvalue weighted by Crippen LogP contribution is -2.45. The van der Waals surface area contributed by atoms with Crippen LogP contribution in [0.4, 0.5) is 0 Å². The third-order valence-corrected chi connectivity index (χ3v) is 4.37. The number of amides is 1. The molecule has 1 atom stereocenters.